The average molecular weight is 305 g/mol. The van der Waals surface area contributed by atoms with Crippen LogP contribution in [0.3, 0.4) is 0 Å². The maximum Gasteiger partial charge on any atom is 0.331 e. The lowest BCUT2D eigenvalue weighted by molar-refractivity contribution is -0.150. The lowest BCUT2D eigenvalue weighted by Crippen LogP contribution is -2.39. The van der Waals surface area contributed by atoms with E-state index in [2.05, 4.69) is 5.32 Å². The van der Waals surface area contributed by atoms with Gasteiger partial charge in [0.15, 0.2) is 6.10 Å². The van der Waals surface area contributed by atoms with Crippen LogP contribution in [0, 0.1) is 0 Å². The molecule has 0 heterocycles. The molecule has 1 rings (SSSR count). The highest BCUT2D eigenvalue weighted by atomic mass is 16.5. The third-order valence-electron chi connectivity index (χ3n) is 2.71. The van der Waals surface area contributed by atoms with E-state index in [1.807, 2.05) is 45.0 Å². The van der Waals surface area contributed by atoms with Crippen LogP contribution in [0.25, 0.3) is 6.08 Å². The summed E-state index contributed by atoms with van der Waals surface area (Å²) in [5, 5.41) is 2.69. The number of hydrogen-bond donors (Lipinski definition) is 1. The van der Waals surface area contributed by atoms with E-state index >= 15 is 0 Å². The van der Waals surface area contributed by atoms with Gasteiger partial charge < -0.3 is 14.8 Å². The molecule has 0 saturated carbocycles. The Morgan fingerprint density at radius 1 is 1.23 bits per heavy atom. The smallest absolute Gasteiger partial charge is 0.331 e. The minimum Gasteiger partial charge on any atom is -0.493 e. The van der Waals surface area contributed by atoms with Gasteiger partial charge in [-0.2, -0.15) is 0 Å². The lowest BCUT2D eigenvalue weighted by Gasteiger charge is -2.14. The number of esters is 1. The number of hydrogen-bond acceptors (Lipinski definition) is 4. The molecule has 0 spiro atoms. The molecule has 1 amide bonds. The summed E-state index contributed by atoms with van der Waals surface area (Å²) in [4.78, 5) is 23.4. The Bertz CT molecular complexity index is 537. The third-order valence-corrected chi connectivity index (χ3v) is 2.71. The molecular weight excluding hydrogens is 282 g/mol. The van der Waals surface area contributed by atoms with Gasteiger partial charge in [0.2, 0.25) is 0 Å². The first-order valence-corrected chi connectivity index (χ1v) is 7.35. The van der Waals surface area contributed by atoms with Gasteiger partial charge in [0.05, 0.1) is 6.61 Å². The van der Waals surface area contributed by atoms with Crippen molar-refractivity contribution >= 4 is 18.0 Å². The molecule has 1 N–H and O–H groups in total. The van der Waals surface area contributed by atoms with Gasteiger partial charge >= 0.3 is 5.97 Å². The fraction of sp³-hybridized carbons (Fsp3) is 0.412. The van der Waals surface area contributed by atoms with E-state index in [0.29, 0.717) is 12.4 Å². The van der Waals surface area contributed by atoms with Gasteiger partial charge in [-0.1, -0.05) is 18.2 Å². The van der Waals surface area contributed by atoms with E-state index < -0.39 is 12.1 Å². The zero-order valence-corrected chi connectivity index (χ0v) is 13.5. The van der Waals surface area contributed by atoms with E-state index in [1.165, 1.54) is 13.0 Å². The van der Waals surface area contributed by atoms with E-state index in [9.17, 15) is 9.59 Å². The number of carbonyl (C=O) groups excluding carboxylic acids is 2. The molecule has 0 saturated heterocycles. The lowest BCUT2D eigenvalue weighted by atomic mass is 10.2. The van der Waals surface area contributed by atoms with Crippen molar-refractivity contribution in [2.75, 3.05) is 6.61 Å². The molecule has 0 aliphatic carbocycles. The maximum atomic E-state index is 11.8. The van der Waals surface area contributed by atoms with Crippen LogP contribution in [-0.2, 0) is 14.3 Å². The Morgan fingerprint density at radius 2 is 1.91 bits per heavy atom. The highest BCUT2D eigenvalue weighted by Crippen LogP contribution is 2.19. The monoisotopic (exact) mass is 305 g/mol. The molecule has 1 aromatic carbocycles. The van der Waals surface area contributed by atoms with Crippen molar-refractivity contribution in [3.8, 4) is 5.75 Å². The summed E-state index contributed by atoms with van der Waals surface area (Å²) in [5.41, 5.74) is 0.778. The molecule has 0 radical (unpaired) electrons. The van der Waals surface area contributed by atoms with Crippen molar-refractivity contribution in [2.45, 2.75) is 39.8 Å². The Kier molecular flexibility index (Phi) is 7.16. The second-order valence-electron chi connectivity index (χ2n) is 5.05. The molecule has 22 heavy (non-hydrogen) atoms. The van der Waals surface area contributed by atoms with Gasteiger partial charge in [0, 0.05) is 17.7 Å². The first-order chi connectivity index (χ1) is 10.4. The Morgan fingerprint density at radius 3 is 2.55 bits per heavy atom. The van der Waals surface area contributed by atoms with Gasteiger partial charge in [-0.25, -0.2) is 4.79 Å². The number of nitrogens with one attached hydrogen (secondary N) is 1. The summed E-state index contributed by atoms with van der Waals surface area (Å²) in [6, 6.07) is 7.38. The highest BCUT2D eigenvalue weighted by Gasteiger charge is 2.16. The van der Waals surface area contributed by atoms with Gasteiger partial charge in [0.25, 0.3) is 5.91 Å². The molecule has 0 unspecified atom stereocenters. The number of ether oxygens (including phenoxy) is 2. The fourth-order valence-corrected chi connectivity index (χ4v) is 1.73. The molecule has 120 valence electrons. The molecule has 1 aromatic rings. The molecule has 5 nitrogen and oxygen atoms in total. The summed E-state index contributed by atoms with van der Waals surface area (Å²) in [7, 11) is 0. The standard InChI is InChI=1S/C17H23NO4/c1-5-21-15-9-7-6-8-14(15)10-11-16(19)22-13(4)17(20)18-12(2)3/h6-13H,5H2,1-4H3,(H,18,20)/b11-10+/t13-/m1/s1. The molecular formula is C17H23NO4. The molecule has 1 atom stereocenters. The van der Waals surface area contributed by atoms with Crippen molar-refractivity contribution in [1.82, 2.24) is 5.32 Å². The van der Waals surface area contributed by atoms with Gasteiger partial charge in [0.1, 0.15) is 5.75 Å². The van der Waals surface area contributed by atoms with Crippen LogP contribution in [0.15, 0.2) is 30.3 Å². The van der Waals surface area contributed by atoms with Crippen LogP contribution in [0.1, 0.15) is 33.3 Å². The van der Waals surface area contributed by atoms with E-state index in [0.717, 1.165) is 5.56 Å². The van der Waals surface area contributed by atoms with E-state index in [4.69, 9.17) is 9.47 Å². The molecule has 0 aromatic heterocycles. The molecule has 5 heteroatoms. The minimum absolute atomic E-state index is 0.00210. The number of amides is 1. The second kappa shape index (κ2) is 8.87. The van der Waals surface area contributed by atoms with Crippen molar-refractivity contribution in [1.29, 1.82) is 0 Å². The van der Waals surface area contributed by atoms with Crippen molar-refractivity contribution in [3.05, 3.63) is 35.9 Å². The van der Waals surface area contributed by atoms with Crippen molar-refractivity contribution < 1.29 is 19.1 Å². The number of para-hydroxylation sites is 1. The van der Waals surface area contributed by atoms with E-state index in [1.54, 1.807) is 6.08 Å². The van der Waals surface area contributed by atoms with E-state index in [-0.39, 0.29) is 11.9 Å². The third kappa shape index (κ3) is 5.99. The predicted molar refractivity (Wildman–Crippen MR) is 85.5 cm³/mol. The number of carbonyl (C=O) groups is 2. The van der Waals surface area contributed by atoms with Crippen molar-refractivity contribution in [2.24, 2.45) is 0 Å². The molecule has 0 bridgehead atoms. The maximum absolute atomic E-state index is 11.8. The molecule has 0 aliphatic rings. The first kappa shape index (κ1) is 17.8. The van der Waals surface area contributed by atoms with Crippen LogP contribution in [0.4, 0.5) is 0 Å². The first-order valence-electron chi connectivity index (χ1n) is 7.35. The van der Waals surface area contributed by atoms with Crippen LogP contribution in [0.5, 0.6) is 5.75 Å². The Balaban J connectivity index is 2.63. The largest absolute Gasteiger partial charge is 0.493 e. The summed E-state index contributed by atoms with van der Waals surface area (Å²) >= 11 is 0. The van der Waals surface area contributed by atoms with Crippen LogP contribution >= 0.6 is 0 Å². The normalized spacial score (nSPS) is 12.2. The fourth-order valence-electron chi connectivity index (χ4n) is 1.73. The zero-order valence-electron chi connectivity index (χ0n) is 13.5. The van der Waals surface area contributed by atoms with Gasteiger partial charge in [-0.15, -0.1) is 0 Å². The van der Waals surface area contributed by atoms with Gasteiger partial charge in [-0.3, -0.25) is 4.79 Å². The van der Waals surface area contributed by atoms with Crippen LogP contribution < -0.4 is 10.1 Å². The SMILES string of the molecule is CCOc1ccccc1/C=C/C(=O)O[C@H](C)C(=O)NC(C)C. The number of rotatable bonds is 7. The summed E-state index contributed by atoms with van der Waals surface area (Å²) in [6.07, 6.45) is 2.07. The quantitative estimate of drug-likeness (QED) is 0.621. The Hall–Kier alpha value is -2.30. The average Bonchev–Trinajstić information content (AvgIpc) is 2.46. The summed E-state index contributed by atoms with van der Waals surface area (Å²) < 4.78 is 10.5. The summed E-state index contributed by atoms with van der Waals surface area (Å²) in [5.74, 6) is -0.191. The zero-order chi connectivity index (χ0) is 16.5. The Labute approximate surface area is 131 Å². The topological polar surface area (TPSA) is 64.6 Å². The van der Waals surface area contributed by atoms with Crippen LogP contribution in [0.2, 0.25) is 0 Å². The minimum atomic E-state index is -0.832. The van der Waals surface area contributed by atoms with Crippen molar-refractivity contribution in [3.63, 3.8) is 0 Å². The molecule has 0 fully saturated rings. The summed E-state index contributed by atoms with van der Waals surface area (Å²) in [6.45, 7) is 7.66. The number of benzene rings is 1. The highest BCUT2D eigenvalue weighted by molar-refractivity contribution is 5.90. The molecule has 0 aliphatic heterocycles. The second-order valence-corrected chi connectivity index (χ2v) is 5.05. The van der Waals surface area contributed by atoms with Gasteiger partial charge in [-0.05, 0) is 39.8 Å². The predicted octanol–water partition coefficient (Wildman–Crippen LogP) is 2.55. The van der Waals surface area contributed by atoms with Crippen LogP contribution in [-0.4, -0.2) is 30.6 Å².